The average molecular weight is 277 g/mol. The summed E-state index contributed by atoms with van der Waals surface area (Å²) in [5.41, 5.74) is 0. The minimum atomic E-state index is -0.110. The van der Waals surface area contributed by atoms with Gasteiger partial charge in [-0.15, -0.1) is 0 Å². The van der Waals surface area contributed by atoms with Gasteiger partial charge in [0.25, 0.3) is 0 Å². The highest BCUT2D eigenvalue weighted by Crippen LogP contribution is 2.30. The Bertz CT molecular complexity index is 433. The normalized spacial score (nSPS) is 23.5. The van der Waals surface area contributed by atoms with Gasteiger partial charge in [-0.1, -0.05) is 36.9 Å². The minimum Gasteiger partial charge on any atom is -0.461 e. The zero-order valence-corrected chi connectivity index (χ0v) is 11.9. The van der Waals surface area contributed by atoms with E-state index in [4.69, 9.17) is 4.74 Å². The third-order valence-corrected chi connectivity index (χ3v) is 4.19. The number of thioether (sulfide) groups is 1. The van der Waals surface area contributed by atoms with Crippen LogP contribution in [0.5, 0.6) is 0 Å². The number of carbonyl (C=O) groups excluding carboxylic acids is 1. The summed E-state index contributed by atoms with van der Waals surface area (Å²) in [6, 6.07) is 5.73. The number of allylic oxidation sites excluding steroid dienone is 1. The molecule has 1 aromatic rings. The molecule has 0 aliphatic carbocycles. The van der Waals surface area contributed by atoms with Crippen LogP contribution in [0.4, 0.5) is 0 Å². The molecule has 19 heavy (non-hydrogen) atoms. The van der Waals surface area contributed by atoms with Gasteiger partial charge in [0.05, 0.1) is 5.03 Å². The fraction of sp³-hybridized carbons (Fsp3) is 0.467. The van der Waals surface area contributed by atoms with Crippen LogP contribution < -0.4 is 0 Å². The first kappa shape index (κ1) is 14.1. The highest BCUT2D eigenvalue weighted by Gasteiger charge is 2.30. The van der Waals surface area contributed by atoms with Crippen LogP contribution in [0.15, 0.2) is 41.6 Å². The molecule has 0 amide bonds. The molecule has 0 radical (unpaired) electrons. The molecule has 4 heteroatoms. The molecule has 1 saturated heterocycles. The Labute approximate surface area is 118 Å². The SMILES string of the molecule is CC/C=C/CC1CCC(Sc2ccccn2)C(=O)O1. The number of pyridine rings is 1. The third-order valence-electron chi connectivity index (χ3n) is 3.00. The topological polar surface area (TPSA) is 39.2 Å². The lowest BCUT2D eigenvalue weighted by molar-refractivity contribution is -0.152. The molecule has 0 bridgehead atoms. The van der Waals surface area contributed by atoms with Gasteiger partial charge in [0.15, 0.2) is 0 Å². The Balaban J connectivity index is 1.84. The van der Waals surface area contributed by atoms with Crippen LogP contribution in [-0.4, -0.2) is 22.3 Å². The molecule has 1 aliphatic rings. The number of cyclic esters (lactones) is 1. The van der Waals surface area contributed by atoms with E-state index in [2.05, 4.69) is 24.1 Å². The Morgan fingerprint density at radius 3 is 3.00 bits per heavy atom. The molecule has 0 N–H and O–H groups in total. The first-order chi connectivity index (χ1) is 9.29. The second-order valence-corrected chi connectivity index (χ2v) is 5.75. The molecular formula is C15H19NO2S. The van der Waals surface area contributed by atoms with Crippen LogP contribution in [0.25, 0.3) is 0 Å². The molecule has 2 unspecified atom stereocenters. The van der Waals surface area contributed by atoms with Crippen LogP contribution in [0.3, 0.4) is 0 Å². The van der Waals surface area contributed by atoms with Gasteiger partial charge in [-0.3, -0.25) is 4.79 Å². The highest BCUT2D eigenvalue weighted by atomic mass is 32.2. The van der Waals surface area contributed by atoms with Crippen LogP contribution in [-0.2, 0) is 9.53 Å². The van der Waals surface area contributed by atoms with Gasteiger partial charge in [-0.05, 0) is 31.4 Å². The lowest BCUT2D eigenvalue weighted by atomic mass is 10.1. The number of aromatic nitrogens is 1. The Hall–Kier alpha value is -1.29. The van der Waals surface area contributed by atoms with Gasteiger partial charge in [-0.25, -0.2) is 4.98 Å². The van der Waals surface area contributed by atoms with Gasteiger partial charge < -0.3 is 4.74 Å². The molecular weight excluding hydrogens is 258 g/mol. The molecule has 2 atom stereocenters. The van der Waals surface area contributed by atoms with E-state index in [1.54, 1.807) is 6.20 Å². The Kier molecular flexibility index (Phi) is 5.45. The average Bonchev–Trinajstić information content (AvgIpc) is 2.43. The second kappa shape index (κ2) is 7.34. The second-order valence-electron chi connectivity index (χ2n) is 4.53. The summed E-state index contributed by atoms with van der Waals surface area (Å²) in [4.78, 5) is 16.2. The molecule has 0 aromatic carbocycles. The van der Waals surface area contributed by atoms with Crippen LogP contribution in [0.2, 0.25) is 0 Å². The van der Waals surface area contributed by atoms with E-state index in [1.165, 1.54) is 11.8 Å². The molecule has 1 fully saturated rings. The molecule has 102 valence electrons. The van der Waals surface area contributed by atoms with Crippen LogP contribution in [0, 0.1) is 0 Å². The summed E-state index contributed by atoms with van der Waals surface area (Å²) in [6.07, 6.45) is 9.67. The smallest absolute Gasteiger partial charge is 0.319 e. The first-order valence-corrected chi connectivity index (χ1v) is 7.60. The number of nitrogens with zero attached hydrogens (tertiary/aromatic N) is 1. The van der Waals surface area contributed by atoms with Gasteiger partial charge in [0, 0.05) is 12.6 Å². The quantitative estimate of drug-likeness (QED) is 0.609. The van der Waals surface area contributed by atoms with Crippen molar-refractivity contribution in [3.63, 3.8) is 0 Å². The molecule has 1 aliphatic heterocycles. The molecule has 0 spiro atoms. The summed E-state index contributed by atoms with van der Waals surface area (Å²) in [5, 5.41) is 0.773. The van der Waals surface area contributed by atoms with E-state index in [1.807, 2.05) is 18.2 Å². The monoisotopic (exact) mass is 277 g/mol. The lowest BCUT2D eigenvalue weighted by Crippen LogP contribution is -2.32. The summed E-state index contributed by atoms with van der Waals surface area (Å²) < 4.78 is 5.48. The molecule has 0 saturated carbocycles. The number of hydrogen-bond acceptors (Lipinski definition) is 4. The van der Waals surface area contributed by atoms with Crippen LogP contribution >= 0.6 is 11.8 Å². The van der Waals surface area contributed by atoms with E-state index < -0.39 is 0 Å². The predicted octanol–water partition coefficient (Wildman–Crippen LogP) is 3.60. The first-order valence-electron chi connectivity index (χ1n) is 6.72. The summed E-state index contributed by atoms with van der Waals surface area (Å²) >= 11 is 1.50. The maximum atomic E-state index is 11.9. The number of rotatable bonds is 5. The van der Waals surface area contributed by atoms with Crippen molar-refractivity contribution < 1.29 is 9.53 Å². The van der Waals surface area contributed by atoms with E-state index in [-0.39, 0.29) is 17.3 Å². The maximum Gasteiger partial charge on any atom is 0.319 e. The lowest BCUT2D eigenvalue weighted by Gasteiger charge is -2.26. The van der Waals surface area contributed by atoms with Gasteiger partial charge in [0.2, 0.25) is 0 Å². The van der Waals surface area contributed by atoms with Crippen molar-refractivity contribution in [1.82, 2.24) is 4.98 Å². The van der Waals surface area contributed by atoms with E-state index in [0.29, 0.717) is 0 Å². The van der Waals surface area contributed by atoms with Crippen molar-refractivity contribution in [1.29, 1.82) is 0 Å². The summed E-state index contributed by atoms with van der Waals surface area (Å²) in [6.45, 7) is 2.10. The van der Waals surface area contributed by atoms with E-state index in [0.717, 1.165) is 30.7 Å². The zero-order valence-electron chi connectivity index (χ0n) is 11.1. The minimum absolute atomic E-state index is 0.0517. The summed E-state index contributed by atoms with van der Waals surface area (Å²) in [5.74, 6) is -0.100. The molecule has 1 aromatic heterocycles. The van der Waals surface area contributed by atoms with Crippen molar-refractivity contribution >= 4 is 17.7 Å². The molecule has 2 rings (SSSR count). The molecule has 3 nitrogen and oxygen atoms in total. The Morgan fingerprint density at radius 2 is 2.32 bits per heavy atom. The molecule has 2 heterocycles. The summed E-state index contributed by atoms with van der Waals surface area (Å²) in [7, 11) is 0. The van der Waals surface area contributed by atoms with Gasteiger partial charge >= 0.3 is 5.97 Å². The zero-order chi connectivity index (χ0) is 13.5. The van der Waals surface area contributed by atoms with E-state index >= 15 is 0 Å². The standard InChI is InChI=1S/C15H19NO2S/c1-2-3-4-7-12-9-10-13(15(17)18-12)19-14-8-5-6-11-16-14/h3-6,8,11-13H,2,7,9-10H2,1H3/b4-3+. The number of ether oxygens (including phenoxy) is 1. The van der Waals surface area contributed by atoms with Crippen molar-refractivity contribution in [3.05, 3.63) is 36.5 Å². The Morgan fingerprint density at radius 1 is 1.42 bits per heavy atom. The number of carbonyl (C=O) groups is 1. The van der Waals surface area contributed by atoms with E-state index in [9.17, 15) is 4.79 Å². The number of hydrogen-bond donors (Lipinski definition) is 0. The maximum absolute atomic E-state index is 11.9. The third kappa shape index (κ3) is 4.39. The van der Waals surface area contributed by atoms with Crippen LogP contribution in [0.1, 0.15) is 32.6 Å². The number of esters is 1. The van der Waals surface area contributed by atoms with Crippen molar-refractivity contribution in [3.8, 4) is 0 Å². The fourth-order valence-corrected chi connectivity index (χ4v) is 2.98. The van der Waals surface area contributed by atoms with Crippen molar-refractivity contribution in [2.75, 3.05) is 0 Å². The van der Waals surface area contributed by atoms with Crippen molar-refractivity contribution in [2.45, 2.75) is 49.0 Å². The van der Waals surface area contributed by atoms with Gasteiger partial charge in [0.1, 0.15) is 11.4 Å². The van der Waals surface area contributed by atoms with Gasteiger partial charge in [-0.2, -0.15) is 0 Å². The fourth-order valence-electron chi connectivity index (χ4n) is 2.00. The van der Waals surface area contributed by atoms with Crippen molar-refractivity contribution in [2.24, 2.45) is 0 Å². The largest absolute Gasteiger partial charge is 0.461 e. The predicted molar refractivity (Wildman–Crippen MR) is 77.0 cm³/mol. The highest BCUT2D eigenvalue weighted by molar-refractivity contribution is 8.00.